The Balaban J connectivity index is 1.76. The molecule has 0 radical (unpaired) electrons. The molecule has 0 aliphatic rings. The lowest BCUT2D eigenvalue weighted by Crippen LogP contribution is -2.03. The highest BCUT2D eigenvalue weighted by Gasteiger charge is 2.11. The van der Waals surface area contributed by atoms with Crippen LogP contribution in [0.4, 0.5) is 5.95 Å². The van der Waals surface area contributed by atoms with Crippen molar-refractivity contribution in [3.63, 3.8) is 0 Å². The van der Waals surface area contributed by atoms with Gasteiger partial charge in [-0.25, -0.2) is 14.6 Å². The first kappa shape index (κ1) is 15.8. The van der Waals surface area contributed by atoms with Crippen LogP contribution >= 0.6 is 0 Å². The Labute approximate surface area is 149 Å². The van der Waals surface area contributed by atoms with Gasteiger partial charge < -0.3 is 5.73 Å². The Morgan fingerprint density at radius 3 is 2.88 bits per heavy atom. The lowest BCUT2D eigenvalue weighted by molar-refractivity contribution is 0.853. The second-order valence-electron chi connectivity index (χ2n) is 5.86. The van der Waals surface area contributed by atoms with E-state index in [4.69, 9.17) is 5.73 Å². The van der Waals surface area contributed by atoms with Gasteiger partial charge in [-0.2, -0.15) is 15.2 Å². The SMILES string of the molecule is Cc1nn(-c2ccnc(N)n2)c2cc(C#CC(C)c3ncn[nH]3)ccc12. The molecule has 0 aliphatic carbocycles. The van der Waals surface area contributed by atoms with E-state index in [-0.39, 0.29) is 11.9 Å². The molecule has 3 aromatic heterocycles. The molecule has 26 heavy (non-hydrogen) atoms. The second-order valence-corrected chi connectivity index (χ2v) is 5.86. The van der Waals surface area contributed by atoms with E-state index in [0.29, 0.717) is 5.82 Å². The molecule has 128 valence electrons. The first-order valence-electron chi connectivity index (χ1n) is 8.07. The number of aryl methyl sites for hydroxylation is 1. The molecule has 3 heterocycles. The molecule has 1 atom stereocenters. The van der Waals surface area contributed by atoms with Gasteiger partial charge in [0.1, 0.15) is 12.2 Å². The molecule has 1 aromatic carbocycles. The standard InChI is InChI=1S/C18H16N8/c1-11(17-21-10-22-24-17)3-4-13-5-6-14-12(2)25-26(15(14)9-13)16-7-8-20-18(19)23-16/h5-11H,1-2H3,(H2,19,20,23)(H,21,22,24). The first-order valence-corrected chi connectivity index (χ1v) is 8.07. The van der Waals surface area contributed by atoms with Gasteiger partial charge in [-0.15, -0.1) is 0 Å². The lowest BCUT2D eigenvalue weighted by atomic mass is 10.1. The summed E-state index contributed by atoms with van der Waals surface area (Å²) in [5.74, 6) is 7.91. The van der Waals surface area contributed by atoms with Gasteiger partial charge in [-0.3, -0.25) is 5.10 Å². The largest absolute Gasteiger partial charge is 0.368 e. The zero-order valence-electron chi connectivity index (χ0n) is 14.3. The molecule has 3 N–H and O–H groups in total. The van der Waals surface area contributed by atoms with Crippen LogP contribution in [0, 0.1) is 18.8 Å². The number of hydrogen-bond acceptors (Lipinski definition) is 6. The number of hydrogen-bond donors (Lipinski definition) is 2. The topological polar surface area (TPSA) is 111 Å². The average Bonchev–Trinajstić information content (AvgIpc) is 3.28. The minimum absolute atomic E-state index is 0.0403. The summed E-state index contributed by atoms with van der Waals surface area (Å²) < 4.78 is 1.76. The number of H-pyrrole nitrogens is 1. The zero-order chi connectivity index (χ0) is 18.1. The van der Waals surface area contributed by atoms with E-state index in [1.165, 1.54) is 6.33 Å². The van der Waals surface area contributed by atoms with Gasteiger partial charge in [0.15, 0.2) is 5.82 Å². The average molecular weight is 344 g/mol. The monoisotopic (exact) mass is 344 g/mol. The van der Waals surface area contributed by atoms with Crippen molar-refractivity contribution in [1.29, 1.82) is 0 Å². The Kier molecular flexibility index (Phi) is 3.82. The van der Waals surface area contributed by atoms with Gasteiger partial charge in [0, 0.05) is 23.2 Å². The van der Waals surface area contributed by atoms with Crippen molar-refractivity contribution >= 4 is 16.9 Å². The summed E-state index contributed by atoms with van der Waals surface area (Å²) in [6.07, 6.45) is 3.09. The fourth-order valence-electron chi connectivity index (χ4n) is 2.69. The van der Waals surface area contributed by atoms with Crippen molar-refractivity contribution < 1.29 is 0 Å². The zero-order valence-corrected chi connectivity index (χ0v) is 14.3. The second kappa shape index (κ2) is 6.29. The number of benzene rings is 1. The fraction of sp³-hybridized carbons (Fsp3) is 0.167. The number of aromatic nitrogens is 7. The number of nitrogens with one attached hydrogen (secondary N) is 1. The van der Waals surface area contributed by atoms with Crippen molar-refractivity contribution in [2.45, 2.75) is 19.8 Å². The molecule has 0 fully saturated rings. The van der Waals surface area contributed by atoms with Crippen LogP contribution < -0.4 is 5.73 Å². The van der Waals surface area contributed by atoms with E-state index in [0.717, 1.165) is 28.0 Å². The summed E-state index contributed by atoms with van der Waals surface area (Å²) in [7, 11) is 0. The molecular formula is C18H16N8. The van der Waals surface area contributed by atoms with Gasteiger partial charge in [0.2, 0.25) is 5.95 Å². The quantitative estimate of drug-likeness (QED) is 0.538. The molecule has 4 aromatic rings. The number of nitrogens with two attached hydrogens (primary N) is 1. The first-order chi connectivity index (χ1) is 12.6. The minimum Gasteiger partial charge on any atom is -0.368 e. The van der Waals surface area contributed by atoms with Crippen LogP contribution in [0.15, 0.2) is 36.8 Å². The summed E-state index contributed by atoms with van der Waals surface area (Å²) in [6.45, 7) is 3.94. The van der Waals surface area contributed by atoms with Crippen LogP contribution in [-0.4, -0.2) is 34.9 Å². The highest BCUT2D eigenvalue weighted by atomic mass is 15.3. The van der Waals surface area contributed by atoms with Crippen LogP contribution in [0.5, 0.6) is 0 Å². The van der Waals surface area contributed by atoms with Crippen LogP contribution in [-0.2, 0) is 0 Å². The summed E-state index contributed by atoms with van der Waals surface area (Å²) in [5, 5.41) is 12.3. The Hall–Kier alpha value is -3.73. The number of rotatable bonds is 2. The van der Waals surface area contributed by atoms with Crippen molar-refractivity contribution in [2.75, 3.05) is 5.73 Å². The minimum atomic E-state index is -0.0403. The van der Waals surface area contributed by atoms with Gasteiger partial charge in [0.05, 0.1) is 17.1 Å². The molecule has 0 aliphatic heterocycles. The molecular weight excluding hydrogens is 328 g/mol. The number of nitrogens with zero attached hydrogens (tertiary/aromatic N) is 6. The third kappa shape index (κ3) is 2.86. The Morgan fingerprint density at radius 1 is 1.23 bits per heavy atom. The molecule has 0 amide bonds. The third-order valence-electron chi connectivity index (χ3n) is 4.02. The van der Waals surface area contributed by atoms with Gasteiger partial charge >= 0.3 is 0 Å². The van der Waals surface area contributed by atoms with Crippen LogP contribution in [0.25, 0.3) is 16.7 Å². The number of nitrogen functional groups attached to an aromatic ring is 1. The van der Waals surface area contributed by atoms with E-state index >= 15 is 0 Å². The maximum atomic E-state index is 5.70. The van der Waals surface area contributed by atoms with Crippen molar-refractivity contribution in [1.82, 2.24) is 34.9 Å². The fourth-order valence-corrected chi connectivity index (χ4v) is 2.69. The molecule has 0 bridgehead atoms. The summed E-state index contributed by atoms with van der Waals surface area (Å²) in [5.41, 5.74) is 8.41. The maximum Gasteiger partial charge on any atom is 0.221 e. The molecule has 0 saturated heterocycles. The van der Waals surface area contributed by atoms with Gasteiger partial charge in [-0.05, 0) is 32.0 Å². The molecule has 0 spiro atoms. The van der Waals surface area contributed by atoms with E-state index in [1.807, 2.05) is 32.0 Å². The molecule has 4 rings (SSSR count). The van der Waals surface area contributed by atoms with Crippen molar-refractivity contribution in [3.8, 4) is 17.7 Å². The highest BCUT2D eigenvalue weighted by molar-refractivity contribution is 5.84. The predicted octanol–water partition coefficient (Wildman–Crippen LogP) is 1.98. The lowest BCUT2D eigenvalue weighted by Gasteiger charge is -2.03. The molecule has 8 heteroatoms. The van der Waals surface area contributed by atoms with E-state index in [9.17, 15) is 0 Å². The highest BCUT2D eigenvalue weighted by Crippen LogP contribution is 2.22. The van der Waals surface area contributed by atoms with Gasteiger partial charge in [0.25, 0.3) is 0 Å². The van der Waals surface area contributed by atoms with E-state index < -0.39 is 0 Å². The van der Waals surface area contributed by atoms with Crippen LogP contribution in [0.2, 0.25) is 0 Å². The molecule has 0 saturated carbocycles. The van der Waals surface area contributed by atoms with Crippen LogP contribution in [0.1, 0.15) is 29.9 Å². The normalized spacial score (nSPS) is 11.9. The van der Waals surface area contributed by atoms with E-state index in [1.54, 1.807) is 16.9 Å². The molecule has 1 unspecified atom stereocenters. The van der Waals surface area contributed by atoms with Crippen molar-refractivity contribution in [3.05, 3.63) is 53.9 Å². The smallest absolute Gasteiger partial charge is 0.221 e. The third-order valence-corrected chi connectivity index (χ3v) is 4.02. The molecule has 8 nitrogen and oxygen atoms in total. The van der Waals surface area contributed by atoms with E-state index in [2.05, 4.69) is 42.1 Å². The van der Waals surface area contributed by atoms with Crippen LogP contribution in [0.3, 0.4) is 0 Å². The van der Waals surface area contributed by atoms with Gasteiger partial charge in [-0.1, -0.05) is 11.8 Å². The predicted molar refractivity (Wildman–Crippen MR) is 97.5 cm³/mol. The number of anilines is 1. The van der Waals surface area contributed by atoms with Crippen molar-refractivity contribution in [2.24, 2.45) is 0 Å². The summed E-state index contributed by atoms with van der Waals surface area (Å²) in [4.78, 5) is 12.3. The summed E-state index contributed by atoms with van der Waals surface area (Å²) >= 11 is 0. The Morgan fingerprint density at radius 2 is 2.12 bits per heavy atom. The number of fused-ring (bicyclic) bond motifs is 1. The summed E-state index contributed by atoms with van der Waals surface area (Å²) in [6, 6.07) is 7.76. The maximum absolute atomic E-state index is 5.70. The number of aromatic amines is 1. The Bertz CT molecular complexity index is 1130.